The number of rotatable bonds is 1. The van der Waals surface area contributed by atoms with Gasteiger partial charge in [-0.3, -0.25) is 0 Å². The molecule has 1 atom stereocenters. The highest BCUT2D eigenvalue weighted by Gasteiger charge is 2.27. The van der Waals surface area contributed by atoms with Gasteiger partial charge in [0.15, 0.2) is 0 Å². The fourth-order valence-electron chi connectivity index (χ4n) is 2.69. The van der Waals surface area contributed by atoms with Gasteiger partial charge in [-0.1, -0.05) is 6.07 Å². The summed E-state index contributed by atoms with van der Waals surface area (Å²) >= 11 is 0. The molecule has 0 bridgehead atoms. The molecular weight excluding hydrogens is 268 g/mol. The van der Waals surface area contributed by atoms with Crippen molar-refractivity contribution in [2.45, 2.75) is 31.8 Å². The van der Waals surface area contributed by atoms with E-state index >= 15 is 0 Å². The molecule has 2 N–H and O–H groups in total. The van der Waals surface area contributed by atoms with E-state index in [1.807, 2.05) is 31.3 Å². The largest absolute Gasteiger partial charge is 0.390 e. The molecule has 0 aromatic carbocycles. The molecule has 1 fully saturated rings. The molecule has 1 saturated heterocycles. The van der Waals surface area contributed by atoms with Crippen molar-refractivity contribution in [1.29, 1.82) is 0 Å². The van der Waals surface area contributed by atoms with E-state index in [9.17, 15) is 9.90 Å². The van der Waals surface area contributed by atoms with Gasteiger partial charge in [-0.05, 0) is 38.3 Å². The highest BCUT2D eigenvalue weighted by Crippen LogP contribution is 2.22. The third kappa shape index (κ3) is 3.00. The molecular formula is C15H20N4O2. The van der Waals surface area contributed by atoms with E-state index in [-0.39, 0.29) is 6.03 Å². The molecule has 6 heteroatoms. The summed E-state index contributed by atoms with van der Waals surface area (Å²) in [6.45, 7) is 3.07. The lowest BCUT2D eigenvalue weighted by Crippen LogP contribution is -2.36. The first-order chi connectivity index (χ1) is 10.1. The first-order valence-electron chi connectivity index (χ1n) is 7.26. The van der Waals surface area contributed by atoms with Crippen LogP contribution in [0, 0.1) is 0 Å². The van der Waals surface area contributed by atoms with Crippen LogP contribution in [-0.2, 0) is 0 Å². The minimum atomic E-state index is -0.667. The van der Waals surface area contributed by atoms with E-state index in [1.54, 1.807) is 15.6 Å². The van der Waals surface area contributed by atoms with E-state index in [0.717, 1.165) is 18.4 Å². The Balaban J connectivity index is 1.71. The fourth-order valence-corrected chi connectivity index (χ4v) is 2.69. The lowest BCUT2D eigenvalue weighted by molar-refractivity contribution is 0.0458. The number of carbonyl (C=O) groups is 1. The van der Waals surface area contributed by atoms with Gasteiger partial charge in [-0.25, -0.2) is 9.31 Å². The van der Waals surface area contributed by atoms with E-state index in [4.69, 9.17) is 0 Å². The molecule has 1 aliphatic heterocycles. The monoisotopic (exact) mass is 288 g/mol. The lowest BCUT2D eigenvalue weighted by atomic mass is 9.98. The van der Waals surface area contributed by atoms with E-state index in [1.165, 1.54) is 0 Å². The van der Waals surface area contributed by atoms with Gasteiger partial charge in [-0.15, -0.1) is 0 Å². The molecule has 0 aliphatic carbocycles. The van der Waals surface area contributed by atoms with Crippen LogP contribution in [0.3, 0.4) is 0 Å². The van der Waals surface area contributed by atoms with Crippen molar-refractivity contribution in [2.24, 2.45) is 0 Å². The highest BCUT2D eigenvalue weighted by atomic mass is 16.3. The number of likely N-dealkylation sites (tertiary alicyclic amines) is 1. The summed E-state index contributed by atoms with van der Waals surface area (Å²) < 4.78 is 1.73. The first kappa shape index (κ1) is 13.9. The van der Waals surface area contributed by atoms with Gasteiger partial charge in [0.2, 0.25) is 0 Å². The van der Waals surface area contributed by atoms with E-state index in [0.29, 0.717) is 25.2 Å². The molecule has 21 heavy (non-hydrogen) atoms. The zero-order chi connectivity index (χ0) is 14.9. The molecule has 3 heterocycles. The SMILES string of the molecule is CC1(O)CCCN(C(=O)Nc2cnn3ccccc23)CC1. The zero-order valence-electron chi connectivity index (χ0n) is 12.1. The van der Waals surface area contributed by atoms with Gasteiger partial charge in [0, 0.05) is 19.3 Å². The Bertz CT molecular complexity index is 650. The van der Waals surface area contributed by atoms with Crippen LogP contribution in [0.25, 0.3) is 5.52 Å². The standard InChI is InChI=1S/C15H20N4O2/c1-15(21)6-4-8-18(10-7-15)14(20)17-12-11-16-19-9-3-2-5-13(12)19/h2-3,5,9,11,21H,4,6-8,10H2,1H3,(H,17,20). The lowest BCUT2D eigenvalue weighted by Gasteiger charge is -2.22. The average molecular weight is 288 g/mol. The number of aromatic nitrogens is 2. The minimum absolute atomic E-state index is 0.133. The van der Waals surface area contributed by atoms with Crippen molar-refractivity contribution in [3.63, 3.8) is 0 Å². The third-order valence-electron chi connectivity index (χ3n) is 4.02. The molecule has 0 spiro atoms. The molecule has 2 aromatic heterocycles. The summed E-state index contributed by atoms with van der Waals surface area (Å²) in [5.41, 5.74) is 0.906. The second-order valence-electron chi connectivity index (χ2n) is 5.86. The Morgan fingerprint density at radius 3 is 3.10 bits per heavy atom. The van der Waals surface area contributed by atoms with Crippen molar-refractivity contribution in [3.8, 4) is 0 Å². The second-order valence-corrected chi connectivity index (χ2v) is 5.86. The van der Waals surface area contributed by atoms with Crippen LogP contribution in [0.1, 0.15) is 26.2 Å². The van der Waals surface area contributed by atoms with Crippen molar-refractivity contribution < 1.29 is 9.90 Å². The quantitative estimate of drug-likeness (QED) is 0.844. The van der Waals surface area contributed by atoms with Crippen LogP contribution in [0.4, 0.5) is 10.5 Å². The van der Waals surface area contributed by atoms with Crippen molar-refractivity contribution >= 4 is 17.2 Å². The molecule has 112 valence electrons. The smallest absolute Gasteiger partial charge is 0.321 e. The Labute approximate surface area is 123 Å². The summed E-state index contributed by atoms with van der Waals surface area (Å²) in [6, 6.07) is 5.58. The number of anilines is 1. The maximum atomic E-state index is 12.4. The van der Waals surface area contributed by atoms with Gasteiger partial charge in [0.1, 0.15) is 0 Å². The van der Waals surface area contributed by atoms with Gasteiger partial charge >= 0.3 is 6.03 Å². The Kier molecular flexibility index (Phi) is 3.55. The van der Waals surface area contributed by atoms with Crippen molar-refractivity contribution in [2.75, 3.05) is 18.4 Å². The van der Waals surface area contributed by atoms with Gasteiger partial charge in [0.05, 0.1) is 23.0 Å². The maximum Gasteiger partial charge on any atom is 0.321 e. The molecule has 1 unspecified atom stereocenters. The van der Waals surface area contributed by atoms with Crippen LogP contribution in [0.5, 0.6) is 0 Å². The predicted octanol–water partition coefficient (Wildman–Crippen LogP) is 2.10. The van der Waals surface area contributed by atoms with Crippen LogP contribution >= 0.6 is 0 Å². The van der Waals surface area contributed by atoms with E-state index < -0.39 is 5.60 Å². The minimum Gasteiger partial charge on any atom is -0.390 e. The number of hydrogen-bond acceptors (Lipinski definition) is 3. The topological polar surface area (TPSA) is 69.9 Å². The molecule has 6 nitrogen and oxygen atoms in total. The Morgan fingerprint density at radius 1 is 1.38 bits per heavy atom. The van der Waals surface area contributed by atoms with Crippen molar-refractivity contribution in [1.82, 2.24) is 14.5 Å². The number of carbonyl (C=O) groups excluding carboxylic acids is 1. The van der Waals surface area contributed by atoms with Crippen LogP contribution in [0.2, 0.25) is 0 Å². The number of pyridine rings is 1. The number of amides is 2. The van der Waals surface area contributed by atoms with Gasteiger partial charge in [0.25, 0.3) is 0 Å². The van der Waals surface area contributed by atoms with E-state index in [2.05, 4.69) is 10.4 Å². The number of urea groups is 1. The number of nitrogens with zero attached hydrogens (tertiary/aromatic N) is 3. The summed E-state index contributed by atoms with van der Waals surface area (Å²) in [6.07, 6.45) is 5.65. The molecule has 3 rings (SSSR count). The maximum absolute atomic E-state index is 12.4. The normalized spacial score (nSPS) is 23.0. The predicted molar refractivity (Wildman–Crippen MR) is 80.3 cm³/mol. The molecule has 2 amide bonds. The number of nitrogens with one attached hydrogen (secondary N) is 1. The van der Waals surface area contributed by atoms with Gasteiger partial charge < -0.3 is 15.3 Å². The molecule has 2 aromatic rings. The van der Waals surface area contributed by atoms with Crippen LogP contribution < -0.4 is 5.32 Å². The molecule has 1 aliphatic rings. The summed E-state index contributed by atoms with van der Waals surface area (Å²) in [5.74, 6) is 0. The first-order valence-corrected chi connectivity index (χ1v) is 7.26. The number of fused-ring (bicyclic) bond motifs is 1. The number of hydrogen-bond donors (Lipinski definition) is 2. The summed E-state index contributed by atoms with van der Waals surface area (Å²) in [5, 5.41) is 17.2. The number of aliphatic hydroxyl groups is 1. The Morgan fingerprint density at radius 2 is 2.24 bits per heavy atom. The fraction of sp³-hybridized carbons (Fsp3) is 0.467. The zero-order valence-corrected chi connectivity index (χ0v) is 12.1. The van der Waals surface area contributed by atoms with Gasteiger partial charge in [-0.2, -0.15) is 5.10 Å². The third-order valence-corrected chi connectivity index (χ3v) is 4.02. The highest BCUT2D eigenvalue weighted by molar-refractivity contribution is 5.93. The van der Waals surface area contributed by atoms with Crippen LogP contribution in [-0.4, -0.2) is 44.3 Å². The molecule has 0 saturated carbocycles. The van der Waals surface area contributed by atoms with Crippen molar-refractivity contribution in [3.05, 3.63) is 30.6 Å². The Hall–Kier alpha value is -2.08. The second kappa shape index (κ2) is 5.37. The summed E-state index contributed by atoms with van der Waals surface area (Å²) in [7, 11) is 0. The van der Waals surface area contributed by atoms with Crippen LogP contribution in [0.15, 0.2) is 30.6 Å². The summed E-state index contributed by atoms with van der Waals surface area (Å²) in [4.78, 5) is 14.1. The molecule has 0 radical (unpaired) electrons. The average Bonchev–Trinajstić information content (AvgIpc) is 2.76.